The molecule has 1 N–H and O–H groups in total. The smallest absolute Gasteiger partial charge is 0.430 e. The van der Waals surface area contributed by atoms with Crippen molar-refractivity contribution in [2.24, 2.45) is 0 Å². The fraction of sp³-hybridized carbons (Fsp3) is 0.240. The van der Waals surface area contributed by atoms with Crippen molar-refractivity contribution < 1.29 is 50.5 Å². The largest absolute Gasteiger partial charge is 0.489 e. The number of aliphatic hydroxyl groups is 1. The molecule has 0 saturated heterocycles. The van der Waals surface area contributed by atoms with Gasteiger partial charge in [-0.1, -0.05) is 42.5 Å². The summed E-state index contributed by atoms with van der Waals surface area (Å²) >= 11 is 0. The number of esters is 1. The maximum absolute atomic E-state index is 13.1. The van der Waals surface area contributed by atoms with E-state index >= 15 is 0 Å². The van der Waals surface area contributed by atoms with Gasteiger partial charge in [0.15, 0.2) is 6.10 Å². The fourth-order valence-electron chi connectivity index (χ4n) is 3.27. The normalized spacial score (nSPS) is 13.1. The first kappa shape index (κ1) is 26.9. The highest BCUT2D eigenvalue weighted by atomic mass is 19.4. The van der Waals surface area contributed by atoms with Gasteiger partial charge in [-0.15, -0.1) is 0 Å². The van der Waals surface area contributed by atoms with E-state index in [1.807, 2.05) is 0 Å². The summed E-state index contributed by atoms with van der Waals surface area (Å²) in [5, 5.41) is 9.55. The molecular formula is C25H20F6O5. The SMILES string of the molecule is COC(=O)c1ccc(OCC(Oc2ccc(C(O)(C(F)(F)F)C(F)(F)F)cc2)c2ccccc2)cc1. The molecule has 0 amide bonds. The molecule has 36 heavy (non-hydrogen) atoms. The molecule has 0 bridgehead atoms. The van der Waals surface area contributed by atoms with Crippen LogP contribution in [0.3, 0.4) is 0 Å². The predicted octanol–water partition coefficient (Wildman–Crippen LogP) is 5.98. The Kier molecular flexibility index (Phi) is 7.83. The summed E-state index contributed by atoms with van der Waals surface area (Å²) in [5.41, 5.74) is -5.50. The van der Waals surface area contributed by atoms with Gasteiger partial charge < -0.3 is 19.3 Å². The van der Waals surface area contributed by atoms with E-state index in [0.29, 0.717) is 29.0 Å². The van der Waals surface area contributed by atoms with Gasteiger partial charge in [0.05, 0.1) is 12.7 Å². The van der Waals surface area contributed by atoms with E-state index in [1.54, 1.807) is 30.3 Å². The maximum Gasteiger partial charge on any atom is 0.430 e. The monoisotopic (exact) mass is 514 g/mol. The molecule has 0 radical (unpaired) electrons. The van der Waals surface area contributed by atoms with Gasteiger partial charge in [0, 0.05) is 5.56 Å². The van der Waals surface area contributed by atoms with Crippen molar-refractivity contribution in [3.8, 4) is 11.5 Å². The molecule has 1 atom stereocenters. The molecule has 0 saturated carbocycles. The number of hydrogen-bond donors (Lipinski definition) is 1. The van der Waals surface area contributed by atoms with E-state index in [-0.39, 0.29) is 12.4 Å². The van der Waals surface area contributed by atoms with Crippen molar-refractivity contribution in [2.75, 3.05) is 13.7 Å². The Labute approximate surface area is 201 Å². The first-order valence-electron chi connectivity index (χ1n) is 10.4. The van der Waals surface area contributed by atoms with E-state index in [0.717, 1.165) is 12.1 Å². The number of hydrogen-bond acceptors (Lipinski definition) is 5. The molecule has 0 aliphatic carbocycles. The standard InChI is InChI=1S/C25H20F6O5/c1-34-22(32)17-7-11-19(12-8-17)35-15-21(16-5-3-2-4-6-16)36-20-13-9-18(10-14-20)23(33,24(26,27)28)25(29,30)31/h2-14,21,33H,15H2,1H3. The third-order valence-corrected chi connectivity index (χ3v) is 5.22. The molecule has 0 heterocycles. The summed E-state index contributed by atoms with van der Waals surface area (Å²) in [6.45, 7) is -0.0849. The van der Waals surface area contributed by atoms with Crippen LogP contribution in [0.5, 0.6) is 11.5 Å². The molecule has 3 aromatic carbocycles. The van der Waals surface area contributed by atoms with Crippen LogP contribution in [0.15, 0.2) is 78.9 Å². The van der Waals surface area contributed by atoms with Crippen LogP contribution in [0.1, 0.15) is 27.6 Å². The summed E-state index contributed by atoms with van der Waals surface area (Å²) in [4.78, 5) is 11.6. The molecule has 0 spiro atoms. The molecule has 0 aliphatic rings. The van der Waals surface area contributed by atoms with Crippen LogP contribution in [0.25, 0.3) is 0 Å². The highest BCUT2D eigenvalue weighted by Crippen LogP contribution is 2.50. The van der Waals surface area contributed by atoms with Gasteiger partial charge in [0.25, 0.3) is 5.60 Å². The van der Waals surface area contributed by atoms with Crippen LogP contribution in [-0.4, -0.2) is 37.1 Å². The summed E-state index contributed by atoms with van der Waals surface area (Å²) in [6, 6.07) is 17.4. The van der Waals surface area contributed by atoms with E-state index in [9.17, 15) is 36.2 Å². The summed E-state index contributed by atoms with van der Waals surface area (Å²) in [6.07, 6.45) is -12.8. The van der Waals surface area contributed by atoms with Gasteiger partial charge >= 0.3 is 18.3 Å². The third kappa shape index (κ3) is 5.73. The predicted molar refractivity (Wildman–Crippen MR) is 116 cm³/mol. The number of carbonyl (C=O) groups excluding carboxylic acids is 1. The van der Waals surface area contributed by atoms with Crippen LogP contribution in [0, 0.1) is 0 Å². The van der Waals surface area contributed by atoms with Gasteiger partial charge in [-0.3, -0.25) is 0 Å². The minimum absolute atomic E-state index is 0.0519. The summed E-state index contributed by atoms with van der Waals surface area (Å²) < 4.78 is 94.9. The molecule has 11 heteroatoms. The minimum Gasteiger partial charge on any atom is -0.489 e. The van der Waals surface area contributed by atoms with Crippen LogP contribution in [0.2, 0.25) is 0 Å². The zero-order chi connectivity index (χ0) is 26.6. The number of methoxy groups -OCH3 is 1. The number of benzene rings is 3. The molecule has 0 fully saturated rings. The number of alkyl halides is 6. The van der Waals surface area contributed by atoms with Crippen LogP contribution in [0.4, 0.5) is 26.3 Å². The van der Waals surface area contributed by atoms with Crippen molar-refractivity contribution >= 4 is 5.97 Å². The van der Waals surface area contributed by atoms with Gasteiger partial charge in [-0.25, -0.2) is 4.79 Å². The highest BCUT2D eigenvalue weighted by Gasteiger charge is 2.71. The van der Waals surface area contributed by atoms with Crippen molar-refractivity contribution in [3.63, 3.8) is 0 Å². The molecule has 1 unspecified atom stereocenters. The fourth-order valence-corrected chi connectivity index (χ4v) is 3.27. The van der Waals surface area contributed by atoms with E-state index in [1.165, 1.54) is 31.4 Å². The lowest BCUT2D eigenvalue weighted by molar-refractivity contribution is -0.376. The summed E-state index contributed by atoms with van der Waals surface area (Å²) in [7, 11) is 1.24. The molecule has 5 nitrogen and oxygen atoms in total. The Morgan fingerprint density at radius 3 is 1.83 bits per heavy atom. The lowest BCUT2D eigenvalue weighted by Gasteiger charge is -2.32. The van der Waals surface area contributed by atoms with Gasteiger partial charge in [0.2, 0.25) is 0 Å². The Balaban J connectivity index is 1.81. The van der Waals surface area contributed by atoms with E-state index in [2.05, 4.69) is 4.74 Å². The van der Waals surface area contributed by atoms with Crippen LogP contribution in [-0.2, 0) is 10.3 Å². The first-order valence-corrected chi connectivity index (χ1v) is 10.4. The van der Waals surface area contributed by atoms with Crippen molar-refractivity contribution in [2.45, 2.75) is 24.1 Å². The number of rotatable bonds is 8. The zero-order valence-corrected chi connectivity index (χ0v) is 18.6. The van der Waals surface area contributed by atoms with Crippen molar-refractivity contribution in [1.82, 2.24) is 0 Å². The van der Waals surface area contributed by atoms with Crippen LogP contribution >= 0.6 is 0 Å². The Bertz CT molecular complexity index is 1130. The average Bonchev–Trinajstić information content (AvgIpc) is 2.85. The number of ether oxygens (including phenoxy) is 3. The second kappa shape index (κ2) is 10.5. The van der Waals surface area contributed by atoms with E-state index in [4.69, 9.17) is 9.47 Å². The Morgan fingerprint density at radius 2 is 1.33 bits per heavy atom. The van der Waals surface area contributed by atoms with Crippen LogP contribution < -0.4 is 9.47 Å². The Hall–Kier alpha value is -3.73. The molecule has 0 aliphatic heterocycles. The van der Waals surface area contributed by atoms with E-state index < -0.39 is 35.6 Å². The third-order valence-electron chi connectivity index (χ3n) is 5.22. The second-order valence-electron chi connectivity index (χ2n) is 7.57. The Morgan fingerprint density at radius 1 is 0.806 bits per heavy atom. The molecule has 3 aromatic rings. The lowest BCUT2D eigenvalue weighted by Crippen LogP contribution is -2.53. The van der Waals surface area contributed by atoms with Gasteiger partial charge in [-0.2, -0.15) is 26.3 Å². The maximum atomic E-state index is 13.1. The second-order valence-corrected chi connectivity index (χ2v) is 7.57. The zero-order valence-electron chi connectivity index (χ0n) is 18.6. The average molecular weight is 514 g/mol. The van der Waals surface area contributed by atoms with Gasteiger partial charge in [-0.05, 0) is 42.0 Å². The molecular weight excluding hydrogens is 494 g/mol. The quantitative estimate of drug-likeness (QED) is 0.296. The number of carbonyl (C=O) groups is 1. The van der Waals surface area contributed by atoms with Gasteiger partial charge in [0.1, 0.15) is 18.1 Å². The summed E-state index contributed by atoms with van der Waals surface area (Å²) in [5.74, 6) is -0.203. The van der Waals surface area contributed by atoms with Crippen molar-refractivity contribution in [1.29, 1.82) is 0 Å². The first-order chi connectivity index (χ1) is 16.9. The molecule has 3 rings (SSSR count). The van der Waals surface area contributed by atoms with Crippen molar-refractivity contribution in [3.05, 3.63) is 95.6 Å². The minimum atomic E-state index is -5.99. The number of halogens is 6. The topological polar surface area (TPSA) is 65.0 Å². The molecule has 192 valence electrons. The lowest BCUT2D eigenvalue weighted by atomic mass is 9.92. The molecule has 0 aromatic heterocycles. The highest BCUT2D eigenvalue weighted by molar-refractivity contribution is 5.89.